The van der Waals surface area contributed by atoms with Crippen molar-refractivity contribution in [1.82, 2.24) is 9.88 Å². The van der Waals surface area contributed by atoms with Crippen LogP contribution in [0.4, 0.5) is 0 Å². The summed E-state index contributed by atoms with van der Waals surface area (Å²) >= 11 is 0. The molecule has 0 unspecified atom stereocenters. The number of hydrogen-bond donors (Lipinski definition) is 0. The van der Waals surface area contributed by atoms with Crippen molar-refractivity contribution in [2.45, 2.75) is 51.2 Å². The normalized spacial score (nSPS) is 27.5. The monoisotopic (exact) mass is 302 g/mol. The van der Waals surface area contributed by atoms with Crippen LogP contribution in [0, 0.1) is 5.92 Å². The molecule has 0 bridgehead atoms. The highest BCUT2D eigenvalue weighted by Crippen LogP contribution is 2.38. The van der Waals surface area contributed by atoms with E-state index in [4.69, 9.17) is 4.74 Å². The number of esters is 1. The van der Waals surface area contributed by atoms with Gasteiger partial charge in [0.25, 0.3) is 0 Å². The van der Waals surface area contributed by atoms with Crippen molar-refractivity contribution in [2.75, 3.05) is 6.54 Å². The SMILES string of the molecule is CC1(C)OC(=O)C[C@@H]1C(=O)N1CCCC[C@@H]1c1ccccn1. The molecule has 1 aromatic heterocycles. The maximum atomic E-state index is 13.0. The Morgan fingerprint density at radius 3 is 2.82 bits per heavy atom. The highest BCUT2D eigenvalue weighted by atomic mass is 16.6. The summed E-state index contributed by atoms with van der Waals surface area (Å²) < 4.78 is 5.31. The van der Waals surface area contributed by atoms with Crippen LogP contribution in [0.1, 0.15) is 51.3 Å². The Morgan fingerprint density at radius 1 is 1.36 bits per heavy atom. The first-order valence-electron chi connectivity index (χ1n) is 7.92. The van der Waals surface area contributed by atoms with Gasteiger partial charge >= 0.3 is 5.97 Å². The number of rotatable bonds is 2. The lowest BCUT2D eigenvalue weighted by atomic mass is 9.87. The summed E-state index contributed by atoms with van der Waals surface area (Å²) in [6.45, 7) is 4.36. The molecule has 2 aliphatic heterocycles. The van der Waals surface area contributed by atoms with Crippen LogP contribution in [0.5, 0.6) is 0 Å². The fourth-order valence-corrected chi connectivity index (χ4v) is 3.48. The first-order valence-corrected chi connectivity index (χ1v) is 7.92. The van der Waals surface area contributed by atoms with E-state index >= 15 is 0 Å². The van der Waals surface area contributed by atoms with E-state index in [0.29, 0.717) is 0 Å². The molecule has 3 heterocycles. The maximum Gasteiger partial charge on any atom is 0.307 e. The fraction of sp³-hybridized carbons (Fsp3) is 0.588. The summed E-state index contributed by atoms with van der Waals surface area (Å²) in [7, 11) is 0. The number of aromatic nitrogens is 1. The Morgan fingerprint density at radius 2 is 2.18 bits per heavy atom. The van der Waals surface area contributed by atoms with Gasteiger partial charge in [-0.15, -0.1) is 0 Å². The van der Waals surface area contributed by atoms with E-state index in [1.807, 2.05) is 36.9 Å². The summed E-state index contributed by atoms with van der Waals surface area (Å²) in [4.78, 5) is 30.9. The molecule has 0 saturated carbocycles. The molecule has 118 valence electrons. The van der Waals surface area contributed by atoms with Crippen molar-refractivity contribution in [3.05, 3.63) is 30.1 Å². The Kier molecular flexibility index (Phi) is 3.89. The van der Waals surface area contributed by atoms with Crippen molar-refractivity contribution in [2.24, 2.45) is 5.92 Å². The molecule has 3 rings (SSSR count). The highest BCUT2D eigenvalue weighted by Gasteiger charge is 2.48. The van der Waals surface area contributed by atoms with Gasteiger partial charge in [0, 0.05) is 12.7 Å². The van der Waals surface area contributed by atoms with Crippen LogP contribution in [-0.4, -0.2) is 33.9 Å². The number of pyridine rings is 1. The molecule has 2 fully saturated rings. The van der Waals surface area contributed by atoms with Gasteiger partial charge in [0.05, 0.1) is 24.1 Å². The summed E-state index contributed by atoms with van der Waals surface area (Å²) in [6, 6.07) is 5.81. The van der Waals surface area contributed by atoms with E-state index in [0.717, 1.165) is 31.5 Å². The molecular weight excluding hydrogens is 280 g/mol. The van der Waals surface area contributed by atoms with Gasteiger partial charge in [-0.1, -0.05) is 6.07 Å². The molecule has 5 nitrogen and oxygen atoms in total. The summed E-state index contributed by atoms with van der Waals surface area (Å²) in [5.41, 5.74) is 0.207. The largest absolute Gasteiger partial charge is 0.459 e. The zero-order valence-corrected chi connectivity index (χ0v) is 13.1. The molecule has 2 saturated heterocycles. The predicted molar refractivity (Wildman–Crippen MR) is 80.8 cm³/mol. The lowest BCUT2D eigenvalue weighted by Crippen LogP contribution is -2.46. The summed E-state index contributed by atoms with van der Waals surface area (Å²) in [5.74, 6) is -0.662. The van der Waals surface area contributed by atoms with E-state index in [9.17, 15) is 9.59 Å². The molecule has 2 atom stereocenters. The average molecular weight is 302 g/mol. The number of nitrogens with zero attached hydrogens (tertiary/aromatic N) is 2. The molecular formula is C17H22N2O3. The number of amides is 1. The Balaban J connectivity index is 1.85. The third kappa shape index (κ3) is 2.72. The van der Waals surface area contributed by atoms with Crippen molar-refractivity contribution in [1.29, 1.82) is 0 Å². The van der Waals surface area contributed by atoms with Gasteiger partial charge in [-0.05, 0) is 45.2 Å². The minimum atomic E-state index is -0.722. The average Bonchev–Trinajstić information content (AvgIpc) is 2.80. The topological polar surface area (TPSA) is 59.5 Å². The molecule has 0 N–H and O–H groups in total. The molecule has 1 amide bonds. The highest BCUT2D eigenvalue weighted by molar-refractivity contribution is 5.88. The lowest BCUT2D eigenvalue weighted by Gasteiger charge is -2.38. The van der Waals surface area contributed by atoms with Gasteiger partial charge in [0.15, 0.2) is 0 Å². The lowest BCUT2D eigenvalue weighted by molar-refractivity contribution is -0.150. The zero-order valence-electron chi connectivity index (χ0n) is 13.1. The second-order valence-corrected chi connectivity index (χ2v) is 6.63. The number of hydrogen-bond acceptors (Lipinski definition) is 4. The second kappa shape index (κ2) is 5.71. The van der Waals surface area contributed by atoms with Crippen LogP contribution in [0.25, 0.3) is 0 Å². The Hall–Kier alpha value is -1.91. The standard InChI is InChI=1S/C17H22N2O3/c1-17(2)12(11-15(20)22-17)16(21)19-10-6-4-8-14(19)13-7-3-5-9-18-13/h3,5,7,9,12,14H,4,6,8,10-11H2,1-2H3/t12-,14-/m1/s1. The second-order valence-electron chi connectivity index (χ2n) is 6.63. The molecule has 0 aromatic carbocycles. The van der Waals surface area contributed by atoms with E-state index in [1.54, 1.807) is 6.20 Å². The molecule has 0 spiro atoms. The van der Waals surface area contributed by atoms with Crippen molar-refractivity contribution in [3.8, 4) is 0 Å². The van der Waals surface area contributed by atoms with Crippen LogP contribution >= 0.6 is 0 Å². The summed E-state index contributed by atoms with van der Waals surface area (Å²) in [6.07, 6.45) is 4.95. The van der Waals surface area contributed by atoms with Gasteiger partial charge in [0.2, 0.25) is 5.91 Å². The number of cyclic esters (lactones) is 1. The van der Waals surface area contributed by atoms with E-state index in [1.165, 1.54) is 0 Å². The Labute approximate surface area is 130 Å². The first kappa shape index (κ1) is 15.0. The Bertz CT molecular complexity index is 571. The van der Waals surface area contributed by atoms with Gasteiger partial charge in [0.1, 0.15) is 5.60 Å². The van der Waals surface area contributed by atoms with Crippen LogP contribution in [-0.2, 0) is 14.3 Å². The van der Waals surface area contributed by atoms with E-state index in [2.05, 4.69) is 4.98 Å². The number of carbonyl (C=O) groups excluding carboxylic acids is 2. The minimum absolute atomic E-state index is 0.00829. The van der Waals surface area contributed by atoms with Crippen LogP contribution in [0.2, 0.25) is 0 Å². The van der Waals surface area contributed by atoms with Crippen LogP contribution < -0.4 is 0 Å². The minimum Gasteiger partial charge on any atom is -0.459 e. The molecule has 5 heteroatoms. The van der Waals surface area contributed by atoms with Crippen molar-refractivity contribution in [3.63, 3.8) is 0 Å². The van der Waals surface area contributed by atoms with E-state index < -0.39 is 11.5 Å². The van der Waals surface area contributed by atoms with Gasteiger partial charge in [-0.2, -0.15) is 0 Å². The smallest absolute Gasteiger partial charge is 0.307 e. The predicted octanol–water partition coefficient (Wildman–Crippen LogP) is 2.48. The van der Waals surface area contributed by atoms with Crippen LogP contribution in [0.15, 0.2) is 24.4 Å². The zero-order chi connectivity index (χ0) is 15.7. The maximum absolute atomic E-state index is 13.0. The quantitative estimate of drug-likeness (QED) is 0.788. The number of carbonyl (C=O) groups is 2. The molecule has 1 aromatic rings. The number of piperidine rings is 1. The van der Waals surface area contributed by atoms with Gasteiger partial charge < -0.3 is 9.64 Å². The first-order chi connectivity index (χ1) is 10.5. The molecule has 0 aliphatic carbocycles. The molecule has 0 radical (unpaired) electrons. The van der Waals surface area contributed by atoms with Crippen molar-refractivity contribution < 1.29 is 14.3 Å². The third-order valence-corrected chi connectivity index (χ3v) is 4.70. The van der Waals surface area contributed by atoms with Gasteiger partial charge in [-0.3, -0.25) is 14.6 Å². The van der Waals surface area contributed by atoms with E-state index in [-0.39, 0.29) is 24.3 Å². The molecule has 2 aliphatic rings. The van der Waals surface area contributed by atoms with Gasteiger partial charge in [-0.25, -0.2) is 0 Å². The third-order valence-electron chi connectivity index (χ3n) is 4.70. The number of ether oxygens (including phenoxy) is 1. The molecule has 22 heavy (non-hydrogen) atoms. The van der Waals surface area contributed by atoms with Crippen LogP contribution in [0.3, 0.4) is 0 Å². The number of likely N-dealkylation sites (tertiary alicyclic amines) is 1. The summed E-state index contributed by atoms with van der Waals surface area (Å²) in [5, 5.41) is 0. The van der Waals surface area contributed by atoms with Crippen molar-refractivity contribution >= 4 is 11.9 Å². The fourth-order valence-electron chi connectivity index (χ4n) is 3.48.